The van der Waals surface area contributed by atoms with E-state index in [1.54, 1.807) is 24.0 Å². The number of nitrogens with two attached hydrogens (primary N) is 1. The third-order valence-electron chi connectivity index (χ3n) is 1.30. The van der Waals surface area contributed by atoms with Crippen molar-refractivity contribution in [2.45, 2.75) is 0 Å². The molecular weight excluding hydrogens is 158 g/mol. The van der Waals surface area contributed by atoms with Crippen LogP contribution in [0.25, 0.3) is 0 Å². The molecule has 0 spiro atoms. The van der Waals surface area contributed by atoms with Gasteiger partial charge in [0.15, 0.2) is 0 Å². The summed E-state index contributed by atoms with van der Waals surface area (Å²) in [7, 11) is 1.80. The molecule has 1 amide bonds. The van der Waals surface area contributed by atoms with Crippen molar-refractivity contribution in [2.24, 2.45) is 12.9 Å². The van der Waals surface area contributed by atoms with Gasteiger partial charge in [0.25, 0.3) is 5.91 Å². The number of aryl methyl sites for hydroxylation is 1. The van der Waals surface area contributed by atoms with Crippen LogP contribution in [-0.4, -0.2) is 22.2 Å². The topological polar surface area (TPSA) is 85.0 Å². The fourth-order valence-electron chi connectivity index (χ4n) is 0.731. The Labute approximate surface area is 69.7 Å². The van der Waals surface area contributed by atoms with Gasteiger partial charge < -0.3 is 5.32 Å². The second-order valence-electron chi connectivity index (χ2n) is 2.30. The number of amides is 1. The van der Waals surface area contributed by atoms with E-state index in [2.05, 4.69) is 10.4 Å². The van der Waals surface area contributed by atoms with Crippen molar-refractivity contribution in [1.29, 1.82) is 0 Å². The summed E-state index contributed by atoms with van der Waals surface area (Å²) in [4.78, 5) is 10.7. The fraction of sp³-hybridized carbons (Fsp3) is 0.333. The Hall–Kier alpha value is -1.56. The number of carbonyl (C=O) groups is 1. The quantitative estimate of drug-likeness (QED) is 0.302. The molecule has 0 aliphatic rings. The van der Waals surface area contributed by atoms with E-state index in [1.165, 1.54) is 0 Å². The number of anilines is 1. The molecule has 1 heterocycles. The first-order valence-corrected chi connectivity index (χ1v) is 3.45. The van der Waals surface area contributed by atoms with Crippen molar-refractivity contribution in [3.63, 3.8) is 0 Å². The summed E-state index contributed by atoms with van der Waals surface area (Å²) >= 11 is 0. The van der Waals surface area contributed by atoms with Crippen LogP contribution in [0.15, 0.2) is 12.3 Å². The van der Waals surface area contributed by atoms with Gasteiger partial charge in [-0.3, -0.25) is 14.9 Å². The molecule has 1 aromatic rings. The summed E-state index contributed by atoms with van der Waals surface area (Å²) in [5.74, 6) is 5.25. The molecule has 6 nitrogen and oxygen atoms in total. The molecule has 0 radical (unpaired) electrons. The lowest BCUT2D eigenvalue weighted by molar-refractivity contribution is -0.119. The summed E-state index contributed by atoms with van der Waals surface area (Å²) in [5, 5.41) is 6.79. The summed E-state index contributed by atoms with van der Waals surface area (Å²) < 4.78 is 1.64. The first-order chi connectivity index (χ1) is 5.72. The average molecular weight is 169 g/mol. The zero-order valence-corrected chi connectivity index (χ0v) is 6.74. The minimum absolute atomic E-state index is 0.132. The number of nitrogens with one attached hydrogen (secondary N) is 2. The number of aromatic nitrogens is 2. The van der Waals surface area contributed by atoms with Gasteiger partial charge in [0.1, 0.15) is 5.82 Å². The van der Waals surface area contributed by atoms with E-state index in [0.717, 1.165) is 0 Å². The Balaban J connectivity index is 2.38. The summed E-state index contributed by atoms with van der Waals surface area (Å²) in [5.41, 5.74) is 2.01. The normalized spacial score (nSPS) is 9.50. The Bertz CT molecular complexity index is 269. The van der Waals surface area contributed by atoms with E-state index in [0.29, 0.717) is 5.82 Å². The van der Waals surface area contributed by atoms with Crippen LogP contribution >= 0.6 is 0 Å². The van der Waals surface area contributed by atoms with Gasteiger partial charge in [-0.05, 0) is 0 Å². The predicted molar refractivity (Wildman–Crippen MR) is 44.0 cm³/mol. The largest absolute Gasteiger partial charge is 0.359 e. The second kappa shape index (κ2) is 3.72. The molecule has 4 N–H and O–H groups in total. The molecule has 12 heavy (non-hydrogen) atoms. The summed E-state index contributed by atoms with van der Waals surface area (Å²) in [6.45, 7) is 0.132. The molecular formula is C6H11N5O. The van der Waals surface area contributed by atoms with Crippen molar-refractivity contribution < 1.29 is 4.79 Å². The van der Waals surface area contributed by atoms with Crippen molar-refractivity contribution in [2.75, 3.05) is 11.9 Å². The first kappa shape index (κ1) is 8.54. The van der Waals surface area contributed by atoms with E-state index in [4.69, 9.17) is 5.84 Å². The lowest BCUT2D eigenvalue weighted by Gasteiger charge is -1.99. The van der Waals surface area contributed by atoms with Crippen molar-refractivity contribution in [3.05, 3.63) is 12.3 Å². The lowest BCUT2D eigenvalue weighted by Crippen LogP contribution is -2.35. The van der Waals surface area contributed by atoms with Crippen molar-refractivity contribution in [3.8, 4) is 0 Å². The van der Waals surface area contributed by atoms with Crippen molar-refractivity contribution in [1.82, 2.24) is 15.2 Å². The lowest BCUT2D eigenvalue weighted by atomic mass is 10.5. The summed E-state index contributed by atoms with van der Waals surface area (Å²) in [6, 6.07) is 1.77. The average Bonchev–Trinajstić information content (AvgIpc) is 2.47. The van der Waals surface area contributed by atoms with Gasteiger partial charge in [0, 0.05) is 19.3 Å². The van der Waals surface area contributed by atoms with Crippen LogP contribution < -0.4 is 16.6 Å². The van der Waals surface area contributed by atoms with Crippen LogP contribution in [-0.2, 0) is 11.8 Å². The number of hydrogen-bond acceptors (Lipinski definition) is 4. The molecule has 6 heteroatoms. The van der Waals surface area contributed by atoms with E-state index in [9.17, 15) is 4.79 Å². The van der Waals surface area contributed by atoms with Gasteiger partial charge >= 0.3 is 0 Å². The zero-order chi connectivity index (χ0) is 8.97. The van der Waals surface area contributed by atoms with Crippen LogP contribution in [0.3, 0.4) is 0 Å². The highest BCUT2D eigenvalue weighted by atomic mass is 16.2. The molecule has 0 saturated carbocycles. The molecule has 0 saturated heterocycles. The third-order valence-corrected chi connectivity index (χ3v) is 1.30. The Kier molecular flexibility index (Phi) is 2.65. The minimum Gasteiger partial charge on any atom is -0.359 e. The highest BCUT2D eigenvalue weighted by molar-refractivity contribution is 5.79. The van der Waals surface area contributed by atoms with Crippen molar-refractivity contribution >= 4 is 11.7 Å². The maximum Gasteiger partial charge on any atom is 0.253 e. The number of carbonyl (C=O) groups excluding carboxylic acids is 1. The molecule has 1 rings (SSSR count). The second-order valence-corrected chi connectivity index (χ2v) is 2.30. The van der Waals surface area contributed by atoms with Gasteiger partial charge in [-0.2, -0.15) is 5.10 Å². The third kappa shape index (κ3) is 2.24. The SMILES string of the molecule is Cn1ccc(NCC(=O)NN)n1. The van der Waals surface area contributed by atoms with Gasteiger partial charge in [-0.1, -0.05) is 0 Å². The number of hydrazine groups is 1. The minimum atomic E-state index is -0.277. The highest BCUT2D eigenvalue weighted by Crippen LogP contribution is 1.98. The van der Waals surface area contributed by atoms with E-state index < -0.39 is 0 Å². The molecule has 1 aromatic heterocycles. The van der Waals surface area contributed by atoms with Crippen LogP contribution in [0, 0.1) is 0 Å². The molecule has 0 unspecified atom stereocenters. The molecule has 0 atom stereocenters. The fourth-order valence-corrected chi connectivity index (χ4v) is 0.731. The zero-order valence-electron chi connectivity index (χ0n) is 6.74. The van der Waals surface area contributed by atoms with Gasteiger partial charge in [0.2, 0.25) is 0 Å². The van der Waals surface area contributed by atoms with Crippen LogP contribution in [0.4, 0.5) is 5.82 Å². The first-order valence-electron chi connectivity index (χ1n) is 3.45. The van der Waals surface area contributed by atoms with E-state index >= 15 is 0 Å². The van der Waals surface area contributed by atoms with Gasteiger partial charge in [0.05, 0.1) is 6.54 Å². The highest BCUT2D eigenvalue weighted by Gasteiger charge is 1.98. The molecule has 0 aliphatic carbocycles. The van der Waals surface area contributed by atoms with Gasteiger partial charge in [-0.25, -0.2) is 5.84 Å². The smallest absolute Gasteiger partial charge is 0.253 e. The van der Waals surface area contributed by atoms with Crippen LogP contribution in [0.1, 0.15) is 0 Å². The monoisotopic (exact) mass is 169 g/mol. The molecule has 0 bridgehead atoms. The summed E-state index contributed by atoms with van der Waals surface area (Å²) in [6.07, 6.45) is 1.78. The molecule has 0 aliphatic heterocycles. The number of rotatable bonds is 3. The van der Waals surface area contributed by atoms with E-state index in [1.807, 2.05) is 5.43 Å². The Morgan fingerprint density at radius 2 is 2.58 bits per heavy atom. The predicted octanol–water partition coefficient (Wildman–Crippen LogP) is -1.18. The molecule has 0 fully saturated rings. The van der Waals surface area contributed by atoms with Crippen LogP contribution in [0.2, 0.25) is 0 Å². The maximum atomic E-state index is 10.7. The van der Waals surface area contributed by atoms with Gasteiger partial charge in [-0.15, -0.1) is 0 Å². The Morgan fingerprint density at radius 1 is 1.83 bits per heavy atom. The van der Waals surface area contributed by atoms with E-state index in [-0.39, 0.29) is 12.5 Å². The molecule has 0 aromatic carbocycles. The standard InChI is InChI=1S/C6H11N5O/c1-11-3-2-5(10-11)8-4-6(12)9-7/h2-3H,4,7H2,1H3,(H,8,10)(H,9,12). The Morgan fingerprint density at radius 3 is 3.08 bits per heavy atom. The number of hydrogen-bond donors (Lipinski definition) is 3. The molecule has 66 valence electrons. The number of nitrogens with zero attached hydrogens (tertiary/aromatic N) is 2. The van der Waals surface area contributed by atoms with Crippen LogP contribution in [0.5, 0.6) is 0 Å². The maximum absolute atomic E-state index is 10.7.